The van der Waals surface area contributed by atoms with Crippen LogP contribution in [0.25, 0.3) is 22.0 Å². The average Bonchev–Trinajstić information content (AvgIpc) is 3.52. The third-order valence-electron chi connectivity index (χ3n) is 6.27. The first-order chi connectivity index (χ1) is 17.7. The van der Waals surface area contributed by atoms with Crippen LogP contribution in [0.15, 0.2) is 108 Å². The predicted octanol–water partition coefficient (Wildman–Crippen LogP) is 4.91. The summed E-state index contributed by atoms with van der Waals surface area (Å²) in [5.41, 5.74) is 6.99. The minimum Gasteiger partial charge on any atom is -0.302 e. The van der Waals surface area contributed by atoms with Gasteiger partial charge < -0.3 is 4.90 Å². The molecule has 7 nitrogen and oxygen atoms in total. The molecule has 0 fully saturated rings. The number of hydrogen-bond donors (Lipinski definition) is 2. The highest BCUT2D eigenvalue weighted by Crippen LogP contribution is 2.32. The number of H-pyrrole nitrogens is 1. The van der Waals surface area contributed by atoms with Gasteiger partial charge in [-0.15, -0.1) is 0 Å². The molecule has 0 aliphatic carbocycles. The van der Waals surface area contributed by atoms with Crippen molar-refractivity contribution in [1.29, 1.82) is 0 Å². The van der Waals surface area contributed by atoms with Crippen molar-refractivity contribution < 1.29 is 9.59 Å². The lowest BCUT2D eigenvalue weighted by Gasteiger charge is -2.18. The maximum atomic E-state index is 13.5. The molecular formula is C29H21N5O2. The summed E-state index contributed by atoms with van der Waals surface area (Å²) in [5.74, 6) is -0.742. The van der Waals surface area contributed by atoms with Gasteiger partial charge in [0.1, 0.15) is 5.69 Å². The number of benzene rings is 4. The Morgan fingerprint density at radius 2 is 1.64 bits per heavy atom. The molecule has 1 aromatic heterocycles. The number of nitrogens with one attached hydrogen (secondary N) is 2. The molecule has 7 heteroatoms. The lowest BCUT2D eigenvalue weighted by molar-refractivity contribution is -0.112. The molecule has 174 valence electrons. The zero-order chi connectivity index (χ0) is 24.5. The number of para-hydroxylation sites is 1. The van der Waals surface area contributed by atoms with Crippen LogP contribution in [0.2, 0.25) is 0 Å². The van der Waals surface area contributed by atoms with E-state index in [2.05, 4.69) is 38.9 Å². The van der Waals surface area contributed by atoms with E-state index < -0.39 is 5.91 Å². The molecule has 0 radical (unpaired) electrons. The number of fused-ring (bicyclic) bond motifs is 2. The first-order valence-electron chi connectivity index (χ1n) is 11.6. The summed E-state index contributed by atoms with van der Waals surface area (Å²) in [4.78, 5) is 27.9. The molecule has 1 aliphatic heterocycles. The first kappa shape index (κ1) is 21.5. The fraction of sp³-hybridized carbons (Fsp3) is 0.0345. The molecule has 2 amide bonds. The molecule has 0 atom stereocenters. The van der Waals surface area contributed by atoms with Crippen LogP contribution >= 0.6 is 0 Å². The second-order valence-corrected chi connectivity index (χ2v) is 8.48. The summed E-state index contributed by atoms with van der Waals surface area (Å²) in [7, 11) is 0. The maximum Gasteiger partial charge on any atom is 0.289 e. The van der Waals surface area contributed by atoms with Crippen molar-refractivity contribution in [2.24, 2.45) is 5.10 Å². The van der Waals surface area contributed by atoms with E-state index >= 15 is 0 Å². The molecule has 0 saturated carbocycles. The van der Waals surface area contributed by atoms with E-state index in [1.807, 2.05) is 78.9 Å². The van der Waals surface area contributed by atoms with Gasteiger partial charge in [0.2, 0.25) is 0 Å². The van der Waals surface area contributed by atoms with Crippen LogP contribution in [0.1, 0.15) is 21.6 Å². The van der Waals surface area contributed by atoms with Gasteiger partial charge in [0.15, 0.2) is 5.71 Å². The highest BCUT2D eigenvalue weighted by molar-refractivity contribution is 6.54. The quantitative estimate of drug-likeness (QED) is 0.357. The van der Waals surface area contributed by atoms with Crippen molar-refractivity contribution in [2.45, 2.75) is 6.54 Å². The van der Waals surface area contributed by atoms with Crippen LogP contribution in [-0.4, -0.2) is 27.7 Å². The number of carbonyl (C=O) groups is 2. The second kappa shape index (κ2) is 8.96. The molecule has 0 saturated heterocycles. The topological polar surface area (TPSA) is 90.4 Å². The molecule has 2 N–H and O–H groups in total. The zero-order valence-corrected chi connectivity index (χ0v) is 19.2. The Bertz CT molecular complexity index is 1630. The number of aromatic nitrogens is 2. The van der Waals surface area contributed by atoms with Crippen LogP contribution in [0.3, 0.4) is 0 Å². The van der Waals surface area contributed by atoms with Gasteiger partial charge in [-0.05, 0) is 28.5 Å². The highest BCUT2D eigenvalue weighted by atomic mass is 16.2. The Morgan fingerprint density at radius 3 is 2.53 bits per heavy atom. The molecule has 36 heavy (non-hydrogen) atoms. The van der Waals surface area contributed by atoms with Crippen molar-refractivity contribution in [3.05, 3.63) is 120 Å². The number of amides is 2. The summed E-state index contributed by atoms with van der Waals surface area (Å²) in [6.45, 7) is 0.394. The van der Waals surface area contributed by atoms with Crippen LogP contribution in [0.4, 0.5) is 5.69 Å². The summed E-state index contributed by atoms with van der Waals surface area (Å²) in [5, 5.41) is 13.4. The molecule has 6 rings (SSSR count). The van der Waals surface area contributed by atoms with Gasteiger partial charge in [0.05, 0.1) is 17.9 Å². The minimum absolute atomic E-state index is 0.196. The Labute approximate surface area is 207 Å². The Kier molecular flexibility index (Phi) is 5.35. The standard InChI is InChI=1S/C29H21N5O2/c35-28(25-17-24(30-31-25)20-10-2-1-3-11-20)33-32-27-23-15-6-7-16-26(23)34(29(27)36)18-21-13-8-12-19-9-4-5-14-22(19)21/h1-17H,18H2,(H,30,31)(H,33,35)/b32-27-. The van der Waals surface area contributed by atoms with Crippen molar-refractivity contribution >= 4 is 34.0 Å². The van der Waals surface area contributed by atoms with E-state index in [1.54, 1.807) is 11.0 Å². The lowest BCUT2D eigenvalue weighted by Crippen LogP contribution is -2.31. The van der Waals surface area contributed by atoms with Crippen LogP contribution in [0.5, 0.6) is 0 Å². The first-order valence-corrected chi connectivity index (χ1v) is 11.6. The SMILES string of the molecule is O=C(N/N=C1\C(=O)N(Cc2cccc3ccccc23)c2ccccc21)c1cc(-c2ccccc2)n[nH]1. The van der Waals surface area contributed by atoms with Crippen molar-refractivity contribution in [3.63, 3.8) is 0 Å². The number of anilines is 1. The third kappa shape index (κ3) is 3.82. The van der Waals surface area contributed by atoms with Crippen LogP contribution < -0.4 is 10.3 Å². The maximum absolute atomic E-state index is 13.5. The Balaban J connectivity index is 1.27. The van der Waals surface area contributed by atoms with Gasteiger partial charge in [0.25, 0.3) is 11.8 Å². The van der Waals surface area contributed by atoms with Gasteiger partial charge in [-0.1, -0.05) is 91.0 Å². The molecule has 4 aromatic carbocycles. The van der Waals surface area contributed by atoms with E-state index in [0.717, 1.165) is 27.6 Å². The van der Waals surface area contributed by atoms with Gasteiger partial charge in [0, 0.05) is 11.1 Å². The number of rotatable bonds is 5. The molecule has 0 unspecified atom stereocenters. The van der Waals surface area contributed by atoms with Gasteiger partial charge in [-0.3, -0.25) is 14.7 Å². The van der Waals surface area contributed by atoms with E-state index in [9.17, 15) is 9.59 Å². The van der Waals surface area contributed by atoms with Crippen LogP contribution in [0, 0.1) is 0 Å². The number of hydrogen-bond acceptors (Lipinski definition) is 4. The van der Waals surface area contributed by atoms with Crippen LogP contribution in [-0.2, 0) is 11.3 Å². The number of carbonyl (C=O) groups excluding carboxylic acids is 2. The highest BCUT2D eigenvalue weighted by Gasteiger charge is 2.34. The smallest absolute Gasteiger partial charge is 0.289 e. The van der Waals surface area contributed by atoms with E-state index in [0.29, 0.717) is 17.8 Å². The normalized spacial score (nSPS) is 13.8. The summed E-state index contributed by atoms with van der Waals surface area (Å²) < 4.78 is 0. The van der Waals surface area contributed by atoms with Crippen molar-refractivity contribution in [2.75, 3.05) is 4.90 Å². The summed E-state index contributed by atoms with van der Waals surface area (Å²) in [6.07, 6.45) is 0. The molecule has 2 heterocycles. The average molecular weight is 472 g/mol. The molecule has 5 aromatic rings. The second-order valence-electron chi connectivity index (χ2n) is 8.48. The molecule has 0 bridgehead atoms. The molecular weight excluding hydrogens is 450 g/mol. The zero-order valence-electron chi connectivity index (χ0n) is 19.2. The minimum atomic E-state index is -0.477. The van der Waals surface area contributed by atoms with E-state index in [1.165, 1.54) is 0 Å². The van der Waals surface area contributed by atoms with Crippen molar-refractivity contribution in [3.8, 4) is 11.3 Å². The van der Waals surface area contributed by atoms with Crippen molar-refractivity contribution in [1.82, 2.24) is 15.6 Å². The number of aromatic amines is 1. The third-order valence-corrected chi connectivity index (χ3v) is 6.27. The Morgan fingerprint density at radius 1 is 0.889 bits per heavy atom. The number of nitrogens with zero attached hydrogens (tertiary/aromatic N) is 3. The fourth-order valence-corrected chi connectivity index (χ4v) is 4.49. The summed E-state index contributed by atoms with van der Waals surface area (Å²) in [6, 6.07) is 32.9. The molecule has 0 spiro atoms. The van der Waals surface area contributed by atoms with E-state index in [4.69, 9.17) is 0 Å². The summed E-state index contributed by atoms with van der Waals surface area (Å²) >= 11 is 0. The predicted molar refractivity (Wildman–Crippen MR) is 140 cm³/mol. The largest absolute Gasteiger partial charge is 0.302 e. The van der Waals surface area contributed by atoms with E-state index in [-0.39, 0.29) is 17.3 Å². The van der Waals surface area contributed by atoms with Gasteiger partial charge in [-0.25, -0.2) is 5.43 Å². The molecule has 1 aliphatic rings. The van der Waals surface area contributed by atoms with Gasteiger partial charge >= 0.3 is 0 Å². The lowest BCUT2D eigenvalue weighted by atomic mass is 10.0. The van der Waals surface area contributed by atoms with Gasteiger partial charge in [-0.2, -0.15) is 10.2 Å². The Hall–Kier alpha value is -5.04. The fourth-order valence-electron chi connectivity index (χ4n) is 4.49. The number of hydrazone groups is 1. The monoisotopic (exact) mass is 471 g/mol.